The van der Waals surface area contributed by atoms with E-state index >= 15 is 0 Å². The van der Waals surface area contributed by atoms with E-state index < -0.39 is 5.41 Å². The van der Waals surface area contributed by atoms with E-state index in [-0.39, 0.29) is 23.6 Å². The molecule has 14 heteroatoms. The first-order valence-corrected chi connectivity index (χ1v) is 18.0. The number of ether oxygens (including phenoxy) is 1. The van der Waals surface area contributed by atoms with E-state index in [1.54, 1.807) is 39.5 Å². The quantitative estimate of drug-likeness (QED) is 0.238. The van der Waals surface area contributed by atoms with E-state index in [1.165, 1.54) is 0 Å². The number of hydrogen-bond acceptors (Lipinski definition) is 11. The zero-order valence-corrected chi connectivity index (χ0v) is 29.7. The molecule has 1 N–H and O–H groups in total. The molecule has 7 heterocycles. The van der Waals surface area contributed by atoms with Crippen molar-refractivity contribution >= 4 is 40.3 Å². The van der Waals surface area contributed by atoms with Gasteiger partial charge >= 0.3 is 0 Å². The third-order valence-corrected chi connectivity index (χ3v) is 10.8. The normalized spacial score (nSPS) is 19.5. The van der Waals surface area contributed by atoms with Gasteiger partial charge in [-0.1, -0.05) is 12.1 Å². The highest BCUT2D eigenvalue weighted by Crippen LogP contribution is 2.42. The molecule has 2 saturated heterocycles. The molecule has 2 amide bonds. The van der Waals surface area contributed by atoms with Crippen LogP contribution in [-0.2, 0) is 16.1 Å². The fraction of sp³-hybridized carbons (Fsp3) is 0.444. The molecule has 0 aliphatic carbocycles. The molecule has 0 radical (unpaired) electrons. The number of aryl methyl sites for hydroxylation is 2. The highest BCUT2D eigenvalue weighted by atomic mass is 32.1. The molecule has 50 heavy (non-hydrogen) atoms. The summed E-state index contributed by atoms with van der Waals surface area (Å²) in [6.45, 7) is 11.9. The Morgan fingerprint density at radius 1 is 1.08 bits per heavy atom. The van der Waals surface area contributed by atoms with Crippen molar-refractivity contribution in [3.63, 3.8) is 0 Å². The highest BCUT2D eigenvalue weighted by molar-refractivity contribution is 7.16. The topological polar surface area (TPSA) is 146 Å². The van der Waals surface area contributed by atoms with Crippen LogP contribution in [-0.4, -0.2) is 102 Å². The number of aromatic nitrogens is 6. The molecule has 0 aromatic carbocycles. The van der Waals surface area contributed by atoms with Crippen LogP contribution in [0.3, 0.4) is 0 Å². The van der Waals surface area contributed by atoms with Gasteiger partial charge in [0, 0.05) is 56.7 Å². The lowest BCUT2D eigenvalue weighted by molar-refractivity contribution is -0.132. The summed E-state index contributed by atoms with van der Waals surface area (Å²) in [6.07, 6.45) is 9.44. The first-order chi connectivity index (χ1) is 24.1. The van der Waals surface area contributed by atoms with Crippen molar-refractivity contribution in [2.24, 2.45) is 5.41 Å². The first kappa shape index (κ1) is 33.7. The third-order valence-electron chi connectivity index (χ3n) is 9.70. The molecular formula is C36H42N10O3S. The molecule has 1 atom stereocenters. The van der Waals surface area contributed by atoms with Crippen LogP contribution in [0.2, 0.25) is 0 Å². The minimum atomic E-state index is -0.532. The van der Waals surface area contributed by atoms with E-state index in [2.05, 4.69) is 31.0 Å². The van der Waals surface area contributed by atoms with E-state index in [9.17, 15) is 9.59 Å². The summed E-state index contributed by atoms with van der Waals surface area (Å²) < 4.78 is 7.44. The summed E-state index contributed by atoms with van der Waals surface area (Å²) in [7, 11) is 0. The highest BCUT2D eigenvalue weighted by Gasteiger charge is 2.51. The van der Waals surface area contributed by atoms with Gasteiger partial charge in [0.2, 0.25) is 17.7 Å². The standard InChI is InChI=1S/C36H42N10O3S/c1-5-45-22-40-33(42-45)27-19-39-34(50-27)25-10-14-44(15-11-25)30(47)20-43-16-12-36(21-43)13-17-46(35(36)48)28-8-6-24(4)32(41-28)31(37)26-7-9-29(38-18-26)49-23(2)3/h6-10,18-19,22-23,37H,5,11-17,20-21H2,1-4H3/t36-/m0/s1. The van der Waals surface area contributed by atoms with Crippen LogP contribution in [0.5, 0.6) is 5.88 Å². The fourth-order valence-corrected chi connectivity index (χ4v) is 7.80. The maximum Gasteiger partial charge on any atom is 0.237 e. The smallest absolute Gasteiger partial charge is 0.237 e. The summed E-state index contributed by atoms with van der Waals surface area (Å²) >= 11 is 1.58. The Morgan fingerprint density at radius 2 is 1.92 bits per heavy atom. The monoisotopic (exact) mass is 694 g/mol. The molecule has 13 nitrogen and oxygen atoms in total. The van der Waals surface area contributed by atoms with Gasteiger partial charge < -0.3 is 9.64 Å². The Morgan fingerprint density at radius 3 is 2.64 bits per heavy atom. The minimum absolute atomic E-state index is 0.00836. The zero-order chi connectivity index (χ0) is 35.0. The van der Waals surface area contributed by atoms with Crippen molar-refractivity contribution in [1.82, 2.24) is 39.5 Å². The number of hydrogen-bond donors (Lipinski definition) is 1. The van der Waals surface area contributed by atoms with Crippen LogP contribution >= 0.6 is 11.3 Å². The van der Waals surface area contributed by atoms with Crippen LogP contribution in [0.1, 0.15) is 61.9 Å². The van der Waals surface area contributed by atoms with Crippen molar-refractivity contribution in [2.45, 2.75) is 59.6 Å². The second kappa shape index (κ2) is 13.8. The lowest BCUT2D eigenvalue weighted by Crippen LogP contribution is -2.43. The molecule has 3 aliphatic rings. The lowest BCUT2D eigenvalue weighted by Gasteiger charge is -2.28. The van der Waals surface area contributed by atoms with Crippen LogP contribution in [0.15, 0.2) is 49.1 Å². The number of amides is 2. The predicted octanol–water partition coefficient (Wildman–Crippen LogP) is 4.47. The summed E-state index contributed by atoms with van der Waals surface area (Å²) in [4.78, 5) is 52.2. The third kappa shape index (κ3) is 6.69. The Hall–Kier alpha value is -4.82. The Labute approximate surface area is 295 Å². The van der Waals surface area contributed by atoms with Crippen molar-refractivity contribution < 1.29 is 14.3 Å². The first-order valence-electron chi connectivity index (χ1n) is 17.2. The van der Waals surface area contributed by atoms with Gasteiger partial charge in [0.05, 0.1) is 34.3 Å². The molecule has 7 rings (SSSR count). The Balaban J connectivity index is 0.953. The second-order valence-electron chi connectivity index (χ2n) is 13.5. The molecule has 0 unspecified atom stereocenters. The molecule has 0 saturated carbocycles. The van der Waals surface area contributed by atoms with E-state index in [1.807, 2.05) is 57.0 Å². The number of carbonyl (C=O) groups is 2. The zero-order valence-electron chi connectivity index (χ0n) is 28.9. The number of thiazole rings is 1. The van der Waals surface area contributed by atoms with Crippen LogP contribution in [0, 0.1) is 17.7 Å². The molecule has 3 aliphatic heterocycles. The van der Waals surface area contributed by atoms with Crippen molar-refractivity contribution in [2.75, 3.05) is 44.2 Å². The lowest BCUT2D eigenvalue weighted by atomic mass is 9.85. The average molecular weight is 695 g/mol. The van der Waals surface area contributed by atoms with E-state index in [0.717, 1.165) is 34.0 Å². The van der Waals surface area contributed by atoms with Gasteiger partial charge in [-0.15, -0.1) is 11.3 Å². The number of pyridine rings is 2. The maximum atomic E-state index is 14.0. The number of nitrogens with one attached hydrogen (secondary N) is 1. The van der Waals surface area contributed by atoms with Gasteiger partial charge in [-0.05, 0) is 76.8 Å². The number of carbonyl (C=O) groups excluding carboxylic acids is 2. The SMILES string of the molecule is CCn1cnc(-c2cnc(C3=CCN(C(=O)CN4CC[C@]5(CCN(c6ccc(C)c(C(=N)c7ccc(OC(C)C)nc7)n6)C5=O)C4)CC3)s2)n1. The summed E-state index contributed by atoms with van der Waals surface area (Å²) in [5.41, 5.74) is 2.85. The molecule has 260 valence electrons. The Kier molecular flexibility index (Phi) is 9.31. The molecule has 2 fully saturated rings. The van der Waals surface area contributed by atoms with Crippen molar-refractivity contribution in [1.29, 1.82) is 5.41 Å². The average Bonchev–Trinajstić information content (AvgIpc) is 3.93. The van der Waals surface area contributed by atoms with Crippen molar-refractivity contribution in [3.8, 4) is 16.6 Å². The second-order valence-corrected chi connectivity index (χ2v) is 14.5. The Bertz CT molecular complexity index is 1950. The van der Waals surface area contributed by atoms with Crippen molar-refractivity contribution in [3.05, 3.63) is 70.9 Å². The summed E-state index contributed by atoms with van der Waals surface area (Å²) in [5.74, 6) is 1.87. The van der Waals surface area contributed by atoms with E-state index in [0.29, 0.717) is 80.9 Å². The van der Waals surface area contributed by atoms with Crippen LogP contribution < -0.4 is 9.64 Å². The van der Waals surface area contributed by atoms with Crippen LogP contribution in [0.25, 0.3) is 16.3 Å². The van der Waals surface area contributed by atoms with Gasteiger partial charge in [0.1, 0.15) is 17.2 Å². The summed E-state index contributed by atoms with van der Waals surface area (Å²) in [6, 6.07) is 7.34. The van der Waals surface area contributed by atoms with Gasteiger partial charge in [-0.3, -0.25) is 29.5 Å². The largest absolute Gasteiger partial charge is 0.475 e. The summed E-state index contributed by atoms with van der Waals surface area (Å²) in [5, 5.41) is 14.3. The molecule has 4 aromatic heterocycles. The number of nitrogens with zero attached hydrogens (tertiary/aromatic N) is 9. The number of anilines is 1. The fourth-order valence-electron chi connectivity index (χ4n) is 6.88. The molecular weight excluding hydrogens is 653 g/mol. The van der Waals surface area contributed by atoms with Gasteiger partial charge in [-0.2, -0.15) is 5.10 Å². The molecule has 4 aromatic rings. The van der Waals surface area contributed by atoms with Crippen LogP contribution in [0.4, 0.5) is 5.82 Å². The molecule has 1 spiro atoms. The molecule has 0 bridgehead atoms. The minimum Gasteiger partial charge on any atom is -0.475 e. The van der Waals surface area contributed by atoms with Gasteiger partial charge in [0.25, 0.3) is 0 Å². The van der Waals surface area contributed by atoms with Gasteiger partial charge in [-0.25, -0.2) is 19.9 Å². The van der Waals surface area contributed by atoms with Gasteiger partial charge in [0.15, 0.2) is 5.82 Å². The number of likely N-dealkylation sites (tertiary alicyclic amines) is 1. The number of rotatable bonds is 10. The van der Waals surface area contributed by atoms with E-state index in [4.69, 9.17) is 15.1 Å². The maximum absolute atomic E-state index is 14.0. The predicted molar refractivity (Wildman–Crippen MR) is 191 cm³/mol.